The zero-order valence-corrected chi connectivity index (χ0v) is 11.7. The van der Waals surface area contributed by atoms with Gasteiger partial charge in [0.15, 0.2) is 0 Å². The van der Waals surface area contributed by atoms with Crippen molar-refractivity contribution < 1.29 is 30.1 Å². The van der Waals surface area contributed by atoms with E-state index in [1.807, 2.05) is 13.8 Å². The molecule has 0 amide bonds. The fourth-order valence-electron chi connectivity index (χ4n) is 1.63. The van der Waals surface area contributed by atoms with Gasteiger partial charge in [-0.15, -0.1) is 0 Å². The molecule has 0 bridgehead atoms. The van der Waals surface area contributed by atoms with E-state index in [1.165, 1.54) is 7.11 Å². The molecule has 6 nitrogen and oxygen atoms in total. The third-order valence-corrected chi connectivity index (χ3v) is 3.44. The quantitative estimate of drug-likeness (QED) is 0.704. The summed E-state index contributed by atoms with van der Waals surface area (Å²) in [5, 5.41) is 8.76. The maximum absolute atomic E-state index is 11.4. The highest BCUT2D eigenvalue weighted by Crippen LogP contribution is 2.41. The zero-order valence-electron chi connectivity index (χ0n) is 11.8. The lowest BCUT2D eigenvalue weighted by Gasteiger charge is -2.23. The first-order valence-electron chi connectivity index (χ1n) is 6.22. The van der Waals surface area contributed by atoms with Crippen LogP contribution in [-0.4, -0.2) is 54.5 Å². The van der Waals surface area contributed by atoms with Crippen LogP contribution in [-0.2, 0) is 18.8 Å². The fraction of sp³-hybridized carbons (Fsp3) is 0.818. The first kappa shape index (κ1) is 14.2. The molecule has 1 rings (SSSR count). The molecule has 0 aliphatic carbocycles. The van der Waals surface area contributed by atoms with E-state index in [0.29, 0.717) is 0 Å². The van der Waals surface area contributed by atoms with Crippen molar-refractivity contribution in [2.45, 2.75) is 38.3 Å². The van der Waals surface area contributed by atoms with Crippen molar-refractivity contribution in [3.05, 3.63) is 11.9 Å². The Morgan fingerprint density at radius 2 is 2.33 bits per heavy atom. The second kappa shape index (κ2) is 6.80. The Kier molecular flexibility index (Phi) is 5.36. The zero-order chi connectivity index (χ0) is 14.6. The topological polar surface area (TPSA) is 85.2 Å². The van der Waals surface area contributed by atoms with E-state index in [4.69, 9.17) is 20.7 Å². The van der Waals surface area contributed by atoms with Crippen LogP contribution in [0.15, 0.2) is 11.9 Å². The predicted octanol–water partition coefficient (Wildman–Crippen LogP) is 0.928. The van der Waals surface area contributed by atoms with E-state index < -0.39 is 25.9 Å². The standard InChI is InChI=1S/C11H21O6P/c1-8(2)17-11-9(16-6-10(11)15-3)4-5-18(13,14)7-12/h4-5,8-12H,6-7H2,1-3H3,(H,13,14)/b5-4+/t9-,10+,11-/m1/s1/i4D. The summed E-state index contributed by atoms with van der Waals surface area (Å²) in [5.41, 5.74) is 0. The molecule has 0 aromatic carbocycles. The van der Waals surface area contributed by atoms with Gasteiger partial charge in [-0.3, -0.25) is 4.57 Å². The van der Waals surface area contributed by atoms with E-state index in [0.717, 1.165) is 5.82 Å². The lowest BCUT2D eigenvalue weighted by atomic mass is 10.1. The second-order valence-corrected chi connectivity index (χ2v) is 6.42. The normalized spacial score (nSPS) is 33.6. The van der Waals surface area contributed by atoms with Crippen molar-refractivity contribution in [1.82, 2.24) is 0 Å². The summed E-state index contributed by atoms with van der Waals surface area (Å²) in [6.45, 7) is 3.95. The van der Waals surface area contributed by atoms with Crippen LogP contribution >= 0.6 is 7.37 Å². The van der Waals surface area contributed by atoms with Crippen LogP contribution < -0.4 is 0 Å². The number of aliphatic hydroxyl groups excluding tert-OH is 1. The molecule has 0 saturated carbocycles. The van der Waals surface area contributed by atoms with Crippen molar-refractivity contribution in [3.8, 4) is 0 Å². The minimum absolute atomic E-state index is 0.0848. The monoisotopic (exact) mass is 281 g/mol. The van der Waals surface area contributed by atoms with Gasteiger partial charge in [-0.1, -0.05) is 0 Å². The molecule has 0 aromatic rings. The molecule has 0 radical (unpaired) electrons. The molecular formula is C11H21O6P. The largest absolute Gasteiger partial charge is 0.386 e. The summed E-state index contributed by atoms with van der Waals surface area (Å²) in [6.07, 6.45) is -2.58. The van der Waals surface area contributed by atoms with Gasteiger partial charge in [0, 0.05) is 12.9 Å². The summed E-state index contributed by atoms with van der Waals surface area (Å²) >= 11 is 0. The summed E-state index contributed by atoms with van der Waals surface area (Å²) in [7, 11) is -2.32. The molecule has 2 N–H and O–H groups in total. The van der Waals surface area contributed by atoms with Crippen molar-refractivity contribution in [1.29, 1.82) is 0 Å². The van der Waals surface area contributed by atoms with Crippen molar-refractivity contribution >= 4 is 7.37 Å². The van der Waals surface area contributed by atoms with Crippen LogP contribution in [0.1, 0.15) is 15.2 Å². The number of rotatable bonds is 6. The van der Waals surface area contributed by atoms with Crippen LogP contribution in [0.2, 0.25) is 0 Å². The van der Waals surface area contributed by atoms with Crippen LogP contribution in [0.25, 0.3) is 0 Å². The Bertz CT molecular complexity index is 372. The van der Waals surface area contributed by atoms with E-state index in [9.17, 15) is 9.46 Å². The van der Waals surface area contributed by atoms with E-state index >= 15 is 0 Å². The molecule has 1 saturated heterocycles. The second-order valence-electron chi connectivity index (χ2n) is 4.37. The molecule has 7 heteroatoms. The van der Waals surface area contributed by atoms with Gasteiger partial charge in [0.2, 0.25) is 7.37 Å². The molecule has 0 aromatic heterocycles. The highest BCUT2D eigenvalue weighted by atomic mass is 31.2. The minimum Gasteiger partial charge on any atom is -0.386 e. The van der Waals surface area contributed by atoms with Gasteiger partial charge in [-0.25, -0.2) is 0 Å². The molecule has 1 heterocycles. The number of ether oxygens (including phenoxy) is 3. The summed E-state index contributed by atoms with van der Waals surface area (Å²) < 4.78 is 35.5. The minimum atomic E-state index is -3.84. The molecule has 0 spiro atoms. The van der Waals surface area contributed by atoms with Crippen LogP contribution in [0.3, 0.4) is 0 Å². The third kappa shape index (κ3) is 4.46. The predicted molar refractivity (Wildman–Crippen MR) is 66.6 cm³/mol. The molecular weight excluding hydrogens is 259 g/mol. The van der Waals surface area contributed by atoms with Crippen molar-refractivity contribution in [2.24, 2.45) is 0 Å². The van der Waals surface area contributed by atoms with Crippen LogP contribution in [0, 0.1) is 0 Å². The Morgan fingerprint density at radius 1 is 1.67 bits per heavy atom. The molecule has 1 fully saturated rings. The number of hydrogen-bond donors (Lipinski definition) is 2. The van der Waals surface area contributed by atoms with Gasteiger partial charge in [-0.2, -0.15) is 0 Å². The lowest BCUT2D eigenvalue weighted by molar-refractivity contribution is -0.0659. The van der Waals surface area contributed by atoms with Gasteiger partial charge in [0.1, 0.15) is 24.7 Å². The third-order valence-electron chi connectivity index (χ3n) is 2.48. The molecule has 4 atom stereocenters. The fourth-order valence-corrected chi connectivity index (χ4v) is 2.09. The van der Waals surface area contributed by atoms with Gasteiger partial charge >= 0.3 is 0 Å². The molecule has 1 aliphatic heterocycles. The SMILES string of the molecule is [2H]/C(=C\P(=O)(O)CO)[C@H]1OC[C@H](OC)[C@@H]1OC(C)C. The maximum atomic E-state index is 11.4. The Hall–Kier alpha value is -0.230. The lowest BCUT2D eigenvalue weighted by Crippen LogP contribution is -2.35. The number of methoxy groups -OCH3 is 1. The molecule has 1 unspecified atom stereocenters. The first-order chi connectivity index (χ1) is 8.80. The molecule has 106 valence electrons. The smallest absolute Gasteiger partial charge is 0.246 e. The Labute approximate surface area is 108 Å². The van der Waals surface area contributed by atoms with Crippen molar-refractivity contribution in [2.75, 3.05) is 20.1 Å². The summed E-state index contributed by atoms with van der Waals surface area (Å²) in [5.74, 6) is 0.840. The van der Waals surface area contributed by atoms with Gasteiger partial charge < -0.3 is 24.2 Å². The maximum Gasteiger partial charge on any atom is 0.246 e. The average molecular weight is 281 g/mol. The average Bonchev–Trinajstić information content (AvgIpc) is 2.70. The molecule has 18 heavy (non-hydrogen) atoms. The highest BCUT2D eigenvalue weighted by Gasteiger charge is 2.37. The molecule has 1 aliphatic rings. The van der Waals surface area contributed by atoms with Gasteiger partial charge in [-0.05, 0) is 19.9 Å². The highest BCUT2D eigenvalue weighted by molar-refractivity contribution is 7.61. The summed E-state index contributed by atoms with van der Waals surface area (Å²) in [4.78, 5) is 9.33. The van der Waals surface area contributed by atoms with Crippen LogP contribution in [0.5, 0.6) is 0 Å². The van der Waals surface area contributed by atoms with Gasteiger partial charge in [0.05, 0.1) is 14.1 Å². The number of aliphatic hydroxyl groups is 1. The van der Waals surface area contributed by atoms with E-state index in [2.05, 4.69) is 0 Å². The van der Waals surface area contributed by atoms with Crippen molar-refractivity contribution in [3.63, 3.8) is 0 Å². The Balaban J connectivity index is 2.88. The summed E-state index contributed by atoms with van der Waals surface area (Å²) in [6, 6.07) is -0.176. The van der Waals surface area contributed by atoms with E-state index in [1.54, 1.807) is 0 Å². The van der Waals surface area contributed by atoms with Gasteiger partial charge in [0.25, 0.3) is 0 Å². The Morgan fingerprint density at radius 3 is 2.83 bits per heavy atom. The number of hydrogen-bond acceptors (Lipinski definition) is 5. The van der Waals surface area contributed by atoms with Crippen LogP contribution in [0.4, 0.5) is 0 Å². The first-order valence-corrected chi connectivity index (χ1v) is 7.63. The van der Waals surface area contributed by atoms with E-state index in [-0.39, 0.29) is 24.9 Å².